The molecular weight excluding hydrogens is 241 g/mol. The summed E-state index contributed by atoms with van der Waals surface area (Å²) in [7, 11) is 0. The highest BCUT2D eigenvalue weighted by Gasteiger charge is 2.39. The van der Waals surface area contributed by atoms with Crippen molar-refractivity contribution < 1.29 is 9.13 Å². The minimum Gasteiger partial charge on any atom is -0.487 e. The number of benzene rings is 1. The number of nitrogens with one attached hydrogen (secondary N) is 1. The van der Waals surface area contributed by atoms with E-state index in [1.165, 1.54) is 25.3 Å². The summed E-state index contributed by atoms with van der Waals surface area (Å²) in [4.78, 5) is 0. The highest BCUT2D eigenvalue weighted by atomic mass is 19.1. The smallest absolute Gasteiger partial charge is 0.123 e. The maximum atomic E-state index is 13.1. The molecule has 0 amide bonds. The summed E-state index contributed by atoms with van der Waals surface area (Å²) in [5, 5.41) is 3.55. The fourth-order valence-corrected chi connectivity index (χ4v) is 2.73. The Labute approximate surface area is 114 Å². The molecule has 1 N–H and O–H groups in total. The first-order chi connectivity index (χ1) is 9.17. The number of hydrogen-bond acceptors (Lipinski definition) is 2. The zero-order valence-electron chi connectivity index (χ0n) is 11.5. The first-order valence-electron chi connectivity index (χ1n) is 7.35. The van der Waals surface area contributed by atoms with E-state index in [2.05, 4.69) is 5.32 Å². The van der Waals surface area contributed by atoms with Gasteiger partial charge in [-0.25, -0.2) is 4.39 Å². The van der Waals surface area contributed by atoms with Gasteiger partial charge in [-0.1, -0.05) is 0 Å². The van der Waals surface area contributed by atoms with Crippen LogP contribution in [0.5, 0.6) is 5.75 Å². The van der Waals surface area contributed by atoms with Crippen molar-refractivity contribution in [2.24, 2.45) is 0 Å². The van der Waals surface area contributed by atoms with Crippen LogP contribution in [-0.2, 0) is 0 Å². The summed E-state index contributed by atoms with van der Waals surface area (Å²) < 4.78 is 19.3. The molecule has 3 rings (SSSR count). The van der Waals surface area contributed by atoms with Gasteiger partial charge in [-0.05, 0) is 75.8 Å². The predicted octanol–water partition coefficient (Wildman–Crippen LogP) is 3.58. The monoisotopic (exact) mass is 263 g/mol. The third-order valence-corrected chi connectivity index (χ3v) is 4.32. The van der Waals surface area contributed by atoms with E-state index in [4.69, 9.17) is 4.74 Å². The van der Waals surface area contributed by atoms with Gasteiger partial charge in [0.1, 0.15) is 17.2 Å². The van der Waals surface area contributed by atoms with Gasteiger partial charge in [0.15, 0.2) is 0 Å². The Bertz CT molecular complexity index is 452. The third kappa shape index (κ3) is 3.08. The molecule has 0 atom stereocenters. The van der Waals surface area contributed by atoms with Gasteiger partial charge in [-0.3, -0.25) is 0 Å². The fourth-order valence-electron chi connectivity index (χ4n) is 2.73. The van der Waals surface area contributed by atoms with Crippen molar-refractivity contribution in [3.05, 3.63) is 29.6 Å². The second kappa shape index (κ2) is 5.12. The van der Waals surface area contributed by atoms with E-state index in [0.29, 0.717) is 0 Å². The highest BCUT2D eigenvalue weighted by Crippen LogP contribution is 2.40. The molecule has 3 heteroatoms. The van der Waals surface area contributed by atoms with E-state index in [1.807, 2.05) is 6.92 Å². The van der Waals surface area contributed by atoms with Crippen LogP contribution in [0.4, 0.5) is 4.39 Å². The minimum atomic E-state index is -0.192. The summed E-state index contributed by atoms with van der Waals surface area (Å²) in [6.07, 6.45) is 7.19. The lowest BCUT2D eigenvalue weighted by atomic mass is 9.77. The second-order valence-corrected chi connectivity index (χ2v) is 6.03. The van der Waals surface area contributed by atoms with E-state index in [-0.39, 0.29) is 11.4 Å². The lowest BCUT2D eigenvalue weighted by Gasteiger charge is -2.42. The van der Waals surface area contributed by atoms with Gasteiger partial charge in [0.05, 0.1) is 0 Å². The van der Waals surface area contributed by atoms with Crippen molar-refractivity contribution in [3.8, 4) is 5.75 Å². The topological polar surface area (TPSA) is 21.3 Å². The van der Waals surface area contributed by atoms with Crippen molar-refractivity contribution in [3.63, 3.8) is 0 Å². The zero-order valence-corrected chi connectivity index (χ0v) is 11.5. The third-order valence-electron chi connectivity index (χ3n) is 4.32. The van der Waals surface area contributed by atoms with Crippen LogP contribution < -0.4 is 10.1 Å². The highest BCUT2D eigenvalue weighted by molar-refractivity contribution is 5.33. The molecule has 104 valence electrons. The van der Waals surface area contributed by atoms with Gasteiger partial charge >= 0.3 is 0 Å². The Morgan fingerprint density at radius 2 is 2.16 bits per heavy atom. The molecule has 2 fully saturated rings. The van der Waals surface area contributed by atoms with Crippen LogP contribution in [0.2, 0.25) is 0 Å². The number of rotatable bonds is 6. The van der Waals surface area contributed by atoms with Crippen LogP contribution in [0.3, 0.4) is 0 Å². The average molecular weight is 263 g/mol. The molecule has 0 aromatic heterocycles. The first kappa shape index (κ1) is 12.9. The summed E-state index contributed by atoms with van der Waals surface area (Å²) >= 11 is 0. The molecule has 1 aromatic rings. The van der Waals surface area contributed by atoms with Crippen LogP contribution in [-0.4, -0.2) is 18.2 Å². The molecule has 0 unspecified atom stereocenters. The summed E-state index contributed by atoms with van der Waals surface area (Å²) in [5.74, 6) is 0.649. The Morgan fingerprint density at radius 1 is 1.37 bits per heavy atom. The Morgan fingerprint density at radius 3 is 2.74 bits per heavy atom. The molecule has 19 heavy (non-hydrogen) atoms. The van der Waals surface area contributed by atoms with E-state index in [0.717, 1.165) is 43.2 Å². The molecule has 0 bridgehead atoms. The molecule has 0 radical (unpaired) electrons. The second-order valence-electron chi connectivity index (χ2n) is 6.03. The van der Waals surface area contributed by atoms with Crippen molar-refractivity contribution in [2.45, 2.75) is 57.1 Å². The Balaban J connectivity index is 1.60. The quantitative estimate of drug-likeness (QED) is 0.847. The standard InChI is InChI=1S/C16H22FNO/c1-12-11-13(17)3-6-15(12)19-16(7-2-8-16)9-10-18-14-4-5-14/h3,6,11,14,18H,2,4-5,7-10H2,1H3. The summed E-state index contributed by atoms with van der Waals surface area (Å²) in [6, 6.07) is 5.55. The normalized spacial score (nSPS) is 20.9. The van der Waals surface area contributed by atoms with Crippen molar-refractivity contribution in [1.82, 2.24) is 5.32 Å². The molecule has 2 aliphatic carbocycles. The minimum absolute atomic E-state index is 0.00944. The molecule has 2 saturated carbocycles. The number of hydrogen-bond donors (Lipinski definition) is 1. The molecule has 0 aliphatic heterocycles. The van der Waals surface area contributed by atoms with Gasteiger partial charge in [0.25, 0.3) is 0 Å². The molecule has 1 aromatic carbocycles. The first-order valence-corrected chi connectivity index (χ1v) is 7.35. The van der Waals surface area contributed by atoms with Gasteiger partial charge in [0.2, 0.25) is 0 Å². The molecule has 0 spiro atoms. The molecule has 2 aliphatic rings. The average Bonchev–Trinajstić information content (AvgIpc) is 3.13. The molecule has 0 saturated heterocycles. The maximum Gasteiger partial charge on any atom is 0.123 e. The zero-order chi connectivity index (χ0) is 13.3. The van der Waals surface area contributed by atoms with Crippen LogP contribution in [0.1, 0.15) is 44.1 Å². The SMILES string of the molecule is Cc1cc(F)ccc1OC1(CCNC2CC2)CCC1. The maximum absolute atomic E-state index is 13.1. The molecular formula is C16H22FNO. The van der Waals surface area contributed by atoms with Gasteiger partial charge in [-0.2, -0.15) is 0 Å². The van der Waals surface area contributed by atoms with Crippen LogP contribution in [0.15, 0.2) is 18.2 Å². The van der Waals surface area contributed by atoms with E-state index < -0.39 is 0 Å². The fraction of sp³-hybridized carbons (Fsp3) is 0.625. The Hall–Kier alpha value is -1.09. The summed E-state index contributed by atoms with van der Waals surface area (Å²) in [6.45, 7) is 2.94. The van der Waals surface area contributed by atoms with Crippen LogP contribution in [0.25, 0.3) is 0 Å². The molecule has 2 nitrogen and oxygen atoms in total. The molecule has 0 heterocycles. The lowest BCUT2D eigenvalue weighted by Crippen LogP contribution is -2.45. The number of aryl methyl sites for hydroxylation is 1. The van der Waals surface area contributed by atoms with Gasteiger partial charge in [-0.15, -0.1) is 0 Å². The predicted molar refractivity (Wildman–Crippen MR) is 74.0 cm³/mol. The number of halogens is 1. The van der Waals surface area contributed by atoms with E-state index in [1.54, 1.807) is 12.1 Å². The van der Waals surface area contributed by atoms with Crippen LogP contribution in [0, 0.1) is 12.7 Å². The number of ether oxygens (including phenoxy) is 1. The van der Waals surface area contributed by atoms with Crippen molar-refractivity contribution in [1.29, 1.82) is 0 Å². The van der Waals surface area contributed by atoms with Crippen molar-refractivity contribution >= 4 is 0 Å². The largest absolute Gasteiger partial charge is 0.487 e. The lowest BCUT2D eigenvalue weighted by molar-refractivity contribution is -0.0148. The van der Waals surface area contributed by atoms with Gasteiger partial charge in [0, 0.05) is 6.04 Å². The van der Waals surface area contributed by atoms with Crippen LogP contribution >= 0.6 is 0 Å². The van der Waals surface area contributed by atoms with E-state index >= 15 is 0 Å². The summed E-state index contributed by atoms with van der Waals surface area (Å²) in [5.41, 5.74) is 0.881. The Kier molecular flexibility index (Phi) is 3.48. The van der Waals surface area contributed by atoms with Gasteiger partial charge < -0.3 is 10.1 Å². The van der Waals surface area contributed by atoms with E-state index in [9.17, 15) is 4.39 Å². The van der Waals surface area contributed by atoms with Crippen molar-refractivity contribution in [2.75, 3.05) is 6.54 Å².